The van der Waals surface area contributed by atoms with Gasteiger partial charge in [-0.2, -0.15) is 0 Å². The van der Waals surface area contributed by atoms with Gasteiger partial charge >= 0.3 is 0 Å². The van der Waals surface area contributed by atoms with Crippen molar-refractivity contribution in [2.24, 2.45) is 0 Å². The highest BCUT2D eigenvalue weighted by atomic mass is 19.1. The lowest BCUT2D eigenvalue weighted by atomic mass is 9.78. The molecule has 166 valence electrons. The molecule has 1 N–H and O–H groups in total. The van der Waals surface area contributed by atoms with Crippen molar-refractivity contribution in [3.8, 4) is 0 Å². The second kappa shape index (κ2) is 7.59. The van der Waals surface area contributed by atoms with Crippen LogP contribution in [0.2, 0.25) is 0 Å². The van der Waals surface area contributed by atoms with Gasteiger partial charge in [0.1, 0.15) is 24.3 Å². The highest BCUT2D eigenvalue weighted by Gasteiger charge is 2.33. The van der Waals surface area contributed by atoms with Crippen molar-refractivity contribution >= 4 is 11.1 Å². The predicted molar refractivity (Wildman–Crippen MR) is 124 cm³/mol. The lowest BCUT2D eigenvalue weighted by Gasteiger charge is -2.26. The maximum Gasteiger partial charge on any atom is 0.258 e. The van der Waals surface area contributed by atoms with Crippen molar-refractivity contribution in [3.63, 3.8) is 0 Å². The van der Waals surface area contributed by atoms with Gasteiger partial charge in [0.25, 0.3) is 5.56 Å². The van der Waals surface area contributed by atoms with Gasteiger partial charge in [0, 0.05) is 5.56 Å². The van der Waals surface area contributed by atoms with E-state index in [1.165, 1.54) is 5.57 Å². The zero-order valence-electron chi connectivity index (χ0n) is 18.7. The molecular formula is C27H28FNO3. The smallest absolute Gasteiger partial charge is 0.258 e. The molecule has 1 unspecified atom stereocenters. The number of nitrogens with zero attached hydrogens (tertiary/aromatic N) is 1. The topological polar surface area (TPSA) is 51.5 Å². The molecule has 0 spiro atoms. The number of aliphatic hydroxyl groups is 1. The van der Waals surface area contributed by atoms with Crippen LogP contribution in [0.5, 0.6) is 0 Å². The van der Waals surface area contributed by atoms with Crippen LogP contribution >= 0.6 is 0 Å². The number of pyridine rings is 1. The lowest BCUT2D eigenvalue weighted by Crippen LogP contribution is -2.29. The Kier molecular flexibility index (Phi) is 4.97. The summed E-state index contributed by atoms with van der Waals surface area (Å²) >= 11 is 0. The second-order valence-electron chi connectivity index (χ2n) is 9.05. The van der Waals surface area contributed by atoms with Crippen molar-refractivity contribution in [1.29, 1.82) is 0 Å². The third kappa shape index (κ3) is 2.95. The average molecular weight is 434 g/mol. The number of benzene rings is 1. The zero-order chi connectivity index (χ0) is 22.7. The first-order valence-electron chi connectivity index (χ1n) is 11.3. The van der Waals surface area contributed by atoms with Gasteiger partial charge in [-0.25, -0.2) is 4.39 Å². The Balaban J connectivity index is 1.71. The first-order valence-corrected chi connectivity index (χ1v) is 11.3. The fourth-order valence-corrected chi connectivity index (χ4v) is 5.49. The monoisotopic (exact) mass is 433 g/mol. The summed E-state index contributed by atoms with van der Waals surface area (Å²) in [5.41, 5.74) is 8.67. The van der Waals surface area contributed by atoms with Crippen LogP contribution < -0.4 is 5.56 Å². The molecule has 1 atom stereocenters. The maximum absolute atomic E-state index is 14.7. The van der Waals surface area contributed by atoms with Gasteiger partial charge in [0.15, 0.2) is 0 Å². The number of rotatable bonds is 2. The Morgan fingerprint density at radius 3 is 2.75 bits per heavy atom. The van der Waals surface area contributed by atoms with Crippen molar-refractivity contribution in [2.75, 3.05) is 0 Å². The Labute approximate surface area is 187 Å². The van der Waals surface area contributed by atoms with Crippen LogP contribution in [0.4, 0.5) is 4.39 Å². The molecule has 1 aromatic carbocycles. The van der Waals surface area contributed by atoms with Gasteiger partial charge in [0.05, 0.1) is 17.8 Å². The summed E-state index contributed by atoms with van der Waals surface area (Å²) in [6.07, 6.45) is 3.43. The molecule has 0 bridgehead atoms. The molecule has 2 aromatic rings. The largest absolute Gasteiger partial charge is 0.491 e. The molecule has 0 radical (unpaired) electrons. The molecule has 2 aliphatic heterocycles. The highest BCUT2D eigenvalue weighted by molar-refractivity contribution is 5.91. The third-order valence-electron chi connectivity index (χ3n) is 7.20. The van der Waals surface area contributed by atoms with E-state index in [2.05, 4.69) is 20.1 Å². The first-order chi connectivity index (χ1) is 15.3. The van der Waals surface area contributed by atoms with Gasteiger partial charge in [-0.05, 0) is 83.7 Å². The van der Waals surface area contributed by atoms with Crippen molar-refractivity contribution < 1.29 is 14.2 Å². The summed E-state index contributed by atoms with van der Waals surface area (Å²) in [5, 5.41) is 10.5. The summed E-state index contributed by atoms with van der Waals surface area (Å²) < 4.78 is 21.8. The van der Waals surface area contributed by atoms with Gasteiger partial charge < -0.3 is 14.4 Å². The van der Waals surface area contributed by atoms with E-state index in [9.17, 15) is 14.3 Å². The Bertz CT molecular complexity index is 1280. The quantitative estimate of drug-likeness (QED) is 0.713. The van der Waals surface area contributed by atoms with E-state index >= 15 is 0 Å². The number of allylic oxidation sites excluding steroid dienone is 3. The Morgan fingerprint density at radius 2 is 2.00 bits per heavy atom. The van der Waals surface area contributed by atoms with E-state index in [0.29, 0.717) is 17.7 Å². The summed E-state index contributed by atoms with van der Waals surface area (Å²) in [6.45, 7) is 12.6. The fraction of sp³-hybridized carbons (Fsp3) is 0.370. The van der Waals surface area contributed by atoms with Crippen LogP contribution in [0.25, 0.3) is 11.1 Å². The SMILES string of the molecule is C=C1/C(=C2/CCCc3c(C)c(F)cc(CCC)c32)Cn2c1cc1c(c2=O)COC(=C)C1O. The van der Waals surface area contributed by atoms with Crippen molar-refractivity contribution in [3.05, 3.63) is 91.9 Å². The van der Waals surface area contributed by atoms with E-state index in [-0.39, 0.29) is 23.7 Å². The summed E-state index contributed by atoms with van der Waals surface area (Å²) in [6, 6.07) is 3.55. The molecule has 0 amide bonds. The highest BCUT2D eigenvalue weighted by Crippen LogP contribution is 2.44. The van der Waals surface area contributed by atoms with E-state index in [0.717, 1.165) is 71.2 Å². The summed E-state index contributed by atoms with van der Waals surface area (Å²) in [5.74, 6) is 0.122. The van der Waals surface area contributed by atoms with E-state index in [1.54, 1.807) is 10.6 Å². The zero-order valence-corrected chi connectivity index (χ0v) is 18.7. The molecule has 0 fully saturated rings. The van der Waals surface area contributed by atoms with Crippen LogP contribution in [0, 0.1) is 12.7 Å². The van der Waals surface area contributed by atoms with Crippen LogP contribution in [-0.2, 0) is 30.7 Å². The number of hydrogen-bond donors (Lipinski definition) is 1. The van der Waals surface area contributed by atoms with Gasteiger partial charge in [-0.3, -0.25) is 4.79 Å². The van der Waals surface area contributed by atoms with E-state index < -0.39 is 6.10 Å². The van der Waals surface area contributed by atoms with Gasteiger partial charge in [-0.1, -0.05) is 26.5 Å². The molecule has 4 nitrogen and oxygen atoms in total. The van der Waals surface area contributed by atoms with Gasteiger partial charge in [-0.15, -0.1) is 0 Å². The molecular weight excluding hydrogens is 405 g/mol. The molecule has 5 rings (SSSR count). The fourth-order valence-electron chi connectivity index (χ4n) is 5.49. The predicted octanol–water partition coefficient (Wildman–Crippen LogP) is 5.14. The summed E-state index contributed by atoms with van der Waals surface area (Å²) in [4.78, 5) is 13.3. The van der Waals surface area contributed by atoms with Crippen LogP contribution in [0.1, 0.15) is 71.4 Å². The number of aliphatic hydroxyl groups excluding tert-OH is 1. The van der Waals surface area contributed by atoms with Crippen molar-refractivity contribution in [2.45, 2.75) is 65.2 Å². The molecule has 5 heteroatoms. The van der Waals surface area contributed by atoms with Crippen LogP contribution in [0.15, 0.2) is 41.4 Å². The molecule has 0 saturated carbocycles. The maximum atomic E-state index is 14.7. The second-order valence-corrected chi connectivity index (χ2v) is 9.05. The van der Waals surface area contributed by atoms with Crippen LogP contribution in [0.3, 0.4) is 0 Å². The first kappa shape index (κ1) is 21.0. The molecule has 1 aliphatic carbocycles. The minimum Gasteiger partial charge on any atom is -0.491 e. The molecule has 0 saturated heterocycles. The number of aromatic nitrogens is 1. The number of hydrogen-bond acceptors (Lipinski definition) is 3. The van der Waals surface area contributed by atoms with E-state index in [1.807, 2.05) is 13.0 Å². The standard InChI is InChI=1S/C27H28FNO3/c1-5-7-17-10-23(28)14(2)18-8-6-9-19(25(17)18)21-12-29-24(15(21)3)11-20-22(27(29)31)13-32-16(4)26(20)30/h10-11,26,30H,3-9,12-13H2,1-2H3/b21-19-. The third-order valence-corrected chi connectivity index (χ3v) is 7.20. The Morgan fingerprint density at radius 1 is 1.22 bits per heavy atom. The van der Waals surface area contributed by atoms with E-state index in [4.69, 9.17) is 4.74 Å². The number of halogens is 1. The number of ether oxygens (including phenoxy) is 1. The minimum absolute atomic E-state index is 0.116. The molecule has 3 heterocycles. The molecule has 1 aromatic heterocycles. The number of aryl methyl sites for hydroxylation is 1. The number of fused-ring (bicyclic) bond motifs is 3. The van der Waals surface area contributed by atoms with Crippen molar-refractivity contribution in [1.82, 2.24) is 4.57 Å². The normalized spacial score (nSPS) is 21.8. The van der Waals surface area contributed by atoms with Crippen LogP contribution in [-0.4, -0.2) is 9.67 Å². The lowest BCUT2D eigenvalue weighted by molar-refractivity contribution is 0.0752. The average Bonchev–Trinajstić information content (AvgIpc) is 3.11. The van der Waals surface area contributed by atoms with Gasteiger partial charge in [0.2, 0.25) is 0 Å². The molecule has 32 heavy (non-hydrogen) atoms. The Hall–Kier alpha value is -2.92. The minimum atomic E-state index is -1.01. The molecule has 3 aliphatic rings. The summed E-state index contributed by atoms with van der Waals surface area (Å²) in [7, 11) is 0.